The number of nitrogens with zero attached hydrogens (tertiary/aromatic N) is 1. The Balaban J connectivity index is 2.18. The number of hydrogen-bond acceptors (Lipinski definition) is 5. The Kier molecular flexibility index (Phi) is 5.06. The maximum atomic E-state index is 11.0. The van der Waals surface area contributed by atoms with E-state index in [0.29, 0.717) is 13.1 Å². The number of carbonyl (C=O) groups is 1. The van der Waals surface area contributed by atoms with Gasteiger partial charge in [0.1, 0.15) is 9.83 Å². The summed E-state index contributed by atoms with van der Waals surface area (Å²) in [6.07, 6.45) is 1.76. The van der Waals surface area contributed by atoms with Crippen molar-refractivity contribution >= 4 is 33.2 Å². The normalized spacial score (nSPS) is 12.4. The summed E-state index contributed by atoms with van der Waals surface area (Å²) >= 11 is 4.80. The molecule has 0 saturated carbocycles. The Hall–Kier alpha value is -0.460. The molecule has 78 valence electrons. The van der Waals surface area contributed by atoms with Crippen LogP contribution in [0.3, 0.4) is 0 Å². The van der Waals surface area contributed by atoms with Crippen LogP contribution in [0.1, 0.15) is 5.01 Å². The molecule has 0 aromatic carbocycles. The number of esters is 1. The predicted octanol–water partition coefficient (Wildman–Crippen LogP) is 1.17. The number of aromatic nitrogens is 1. The molecule has 1 aromatic heterocycles. The smallest absolute Gasteiger partial charge is 0.320 e. The fourth-order valence-corrected chi connectivity index (χ4v) is 1.86. The Bertz CT molecular complexity index is 279. The van der Waals surface area contributed by atoms with Gasteiger partial charge in [0.2, 0.25) is 0 Å². The van der Waals surface area contributed by atoms with Gasteiger partial charge in [-0.1, -0.05) is 15.9 Å². The van der Waals surface area contributed by atoms with E-state index < -0.39 is 0 Å². The fourth-order valence-electron chi connectivity index (χ4n) is 0.857. The van der Waals surface area contributed by atoms with Gasteiger partial charge in [0.15, 0.2) is 0 Å². The lowest BCUT2D eigenvalue weighted by atomic mass is 10.4. The number of thiazole rings is 1. The van der Waals surface area contributed by atoms with Gasteiger partial charge in [0.25, 0.3) is 0 Å². The lowest BCUT2D eigenvalue weighted by molar-refractivity contribution is -0.139. The van der Waals surface area contributed by atoms with Crippen LogP contribution in [-0.2, 0) is 16.1 Å². The number of alkyl halides is 1. The van der Waals surface area contributed by atoms with E-state index in [1.165, 1.54) is 7.11 Å². The van der Waals surface area contributed by atoms with Crippen molar-refractivity contribution in [3.63, 3.8) is 0 Å². The summed E-state index contributed by atoms with van der Waals surface area (Å²) in [5.41, 5.74) is 0. The zero-order valence-electron chi connectivity index (χ0n) is 7.70. The number of halogens is 1. The van der Waals surface area contributed by atoms with E-state index in [1.807, 2.05) is 5.38 Å². The number of hydrogen-bond donors (Lipinski definition) is 1. The second-order valence-electron chi connectivity index (χ2n) is 2.55. The molecule has 6 heteroatoms. The van der Waals surface area contributed by atoms with Crippen LogP contribution >= 0.6 is 27.3 Å². The van der Waals surface area contributed by atoms with Gasteiger partial charge in [-0.25, -0.2) is 4.98 Å². The fraction of sp³-hybridized carbons (Fsp3) is 0.500. The Labute approximate surface area is 94.8 Å². The zero-order valence-corrected chi connectivity index (χ0v) is 10.1. The third kappa shape index (κ3) is 3.73. The second-order valence-corrected chi connectivity index (χ2v) is 4.63. The lowest BCUT2D eigenvalue weighted by Gasteiger charge is -2.07. The van der Waals surface area contributed by atoms with Crippen molar-refractivity contribution in [2.45, 2.75) is 11.4 Å². The Morgan fingerprint density at radius 3 is 3.21 bits per heavy atom. The summed E-state index contributed by atoms with van der Waals surface area (Å²) in [4.78, 5) is 14.8. The van der Waals surface area contributed by atoms with E-state index in [0.717, 1.165) is 5.01 Å². The second kappa shape index (κ2) is 6.10. The minimum Gasteiger partial charge on any atom is -0.468 e. The number of methoxy groups -OCH3 is 1. The van der Waals surface area contributed by atoms with E-state index in [9.17, 15) is 4.79 Å². The molecule has 0 aliphatic carbocycles. The van der Waals surface area contributed by atoms with Gasteiger partial charge in [-0.3, -0.25) is 4.79 Å². The van der Waals surface area contributed by atoms with Crippen LogP contribution in [-0.4, -0.2) is 29.4 Å². The standard InChI is InChI=1S/C8H11BrN2O2S/c1-13-8(12)6(9)4-10-5-7-11-2-3-14-7/h2-3,6,10H,4-5H2,1H3. The van der Waals surface area contributed by atoms with Gasteiger partial charge in [-0.05, 0) is 0 Å². The van der Waals surface area contributed by atoms with Crippen molar-refractivity contribution in [1.29, 1.82) is 0 Å². The largest absolute Gasteiger partial charge is 0.468 e. The molecule has 0 radical (unpaired) electrons. The van der Waals surface area contributed by atoms with Gasteiger partial charge in [-0.2, -0.15) is 0 Å². The molecule has 1 rings (SSSR count). The van der Waals surface area contributed by atoms with Crippen molar-refractivity contribution in [1.82, 2.24) is 10.3 Å². The van der Waals surface area contributed by atoms with Crippen LogP contribution in [0, 0.1) is 0 Å². The quantitative estimate of drug-likeness (QED) is 0.649. The molecule has 0 aliphatic heterocycles. The van der Waals surface area contributed by atoms with Crippen molar-refractivity contribution in [3.05, 3.63) is 16.6 Å². The van der Waals surface area contributed by atoms with Gasteiger partial charge < -0.3 is 10.1 Å². The van der Waals surface area contributed by atoms with Gasteiger partial charge in [0, 0.05) is 24.7 Å². The molecule has 0 bridgehead atoms. The first-order valence-corrected chi connectivity index (χ1v) is 5.84. The van der Waals surface area contributed by atoms with Gasteiger partial charge in [-0.15, -0.1) is 11.3 Å². The first-order valence-electron chi connectivity index (χ1n) is 4.05. The Morgan fingerprint density at radius 1 is 1.86 bits per heavy atom. The molecular weight excluding hydrogens is 268 g/mol. The molecule has 0 fully saturated rings. The molecule has 14 heavy (non-hydrogen) atoms. The topological polar surface area (TPSA) is 51.2 Å². The molecule has 0 spiro atoms. The summed E-state index contributed by atoms with van der Waals surface area (Å²) in [5, 5.41) is 6.03. The summed E-state index contributed by atoms with van der Waals surface area (Å²) in [5.74, 6) is -0.267. The summed E-state index contributed by atoms with van der Waals surface area (Å²) < 4.78 is 4.56. The summed E-state index contributed by atoms with van der Waals surface area (Å²) in [6, 6.07) is 0. The summed E-state index contributed by atoms with van der Waals surface area (Å²) in [6.45, 7) is 1.21. The van der Waals surface area contributed by atoms with E-state index in [1.54, 1.807) is 17.5 Å². The Morgan fingerprint density at radius 2 is 2.64 bits per heavy atom. The molecule has 0 aliphatic rings. The average molecular weight is 279 g/mol. The predicted molar refractivity (Wildman–Crippen MR) is 58.6 cm³/mol. The zero-order chi connectivity index (χ0) is 10.4. The first-order chi connectivity index (χ1) is 6.74. The number of nitrogens with one attached hydrogen (secondary N) is 1. The van der Waals surface area contributed by atoms with Crippen molar-refractivity contribution in [2.24, 2.45) is 0 Å². The van der Waals surface area contributed by atoms with Gasteiger partial charge >= 0.3 is 5.97 Å². The SMILES string of the molecule is COC(=O)C(Br)CNCc1nccs1. The van der Waals surface area contributed by atoms with E-state index in [2.05, 4.69) is 31.0 Å². The number of carbonyl (C=O) groups excluding carboxylic acids is 1. The van der Waals surface area contributed by atoms with Crippen molar-refractivity contribution in [2.75, 3.05) is 13.7 Å². The monoisotopic (exact) mass is 278 g/mol. The average Bonchev–Trinajstić information content (AvgIpc) is 2.69. The van der Waals surface area contributed by atoms with E-state index in [4.69, 9.17) is 0 Å². The van der Waals surface area contributed by atoms with Crippen LogP contribution in [0.2, 0.25) is 0 Å². The van der Waals surface area contributed by atoms with Crippen LogP contribution in [0.4, 0.5) is 0 Å². The third-order valence-corrected chi connectivity index (χ3v) is 3.02. The highest BCUT2D eigenvalue weighted by molar-refractivity contribution is 9.10. The lowest BCUT2D eigenvalue weighted by Crippen LogP contribution is -2.29. The van der Waals surface area contributed by atoms with Crippen LogP contribution in [0.15, 0.2) is 11.6 Å². The molecule has 1 heterocycles. The van der Waals surface area contributed by atoms with Crippen molar-refractivity contribution in [3.8, 4) is 0 Å². The number of ether oxygens (including phenoxy) is 1. The van der Waals surface area contributed by atoms with E-state index in [-0.39, 0.29) is 10.8 Å². The van der Waals surface area contributed by atoms with Crippen LogP contribution in [0.5, 0.6) is 0 Å². The highest BCUT2D eigenvalue weighted by Gasteiger charge is 2.13. The van der Waals surface area contributed by atoms with E-state index >= 15 is 0 Å². The molecule has 0 saturated heterocycles. The highest BCUT2D eigenvalue weighted by atomic mass is 79.9. The molecule has 4 nitrogen and oxygen atoms in total. The minimum atomic E-state index is -0.299. The highest BCUT2D eigenvalue weighted by Crippen LogP contribution is 2.04. The third-order valence-electron chi connectivity index (χ3n) is 1.54. The summed E-state index contributed by atoms with van der Waals surface area (Å²) in [7, 11) is 1.37. The maximum absolute atomic E-state index is 11.0. The maximum Gasteiger partial charge on any atom is 0.320 e. The van der Waals surface area contributed by atoms with Crippen LogP contribution < -0.4 is 5.32 Å². The molecule has 1 atom stereocenters. The first kappa shape index (κ1) is 11.6. The molecule has 1 aromatic rings. The molecular formula is C8H11BrN2O2S. The van der Waals surface area contributed by atoms with Gasteiger partial charge in [0.05, 0.1) is 7.11 Å². The number of rotatable bonds is 5. The molecule has 1 N–H and O–H groups in total. The van der Waals surface area contributed by atoms with Crippen LogP contribution in [0.25, 0.3) is 0 Å². The minimum absolute atomic E-state index is 0.267. The molecule has 0 amide bonds. The molecule has 1 unspecified atom stereocenters. The van der Waals surface area contributed by atoms with Crippen molar-refractivity contribution < 1.29 is 9.53 Å².